The van der Waals surface area contributed by atoms with Crippen LogP contribution in [0.15, 0.2) is 53.4 Å². The second-order valence-electron chi connectivity index (χ2n) is 4.83. The lowest BCUT2D eigenvalue weighted by atomic mass is 10.3. The van der Waals surface area contributed by atoms with Crippen molar-refractivity contribution in [1.29, 1.82) is 0 Å². The Hall–Kier alpha value is -2.28. The van der Waals surface area contributed by atoms with Crippen molar-refractivity contribution in [3.8, 4) is 11.5 Å². The molecule has 4 nitrogen and oxygen atoms in total. The Labute approximate surface area is 143 Å². The number of carbonyl (C=O) groups is 1. The highest BCUT2D eigenvalue weighted by molar-refractivity contribution is 7.99. The number of hydrogen-bond acceptors (Lipinski definition) is 4. The summed E-state index contributed by atoms with van der Waals surface area (Å²) in [5.41, 5.74) is 0.517. The number of nitrogens with one attached hydrogen (secondary N) is 1. The molecule has 0 spiro atoms. The molecule has 0 aliphatic heterocycles. The number of ether oxygens (including phenoxy) is 2. The third-order valence-corrected chi connectivity index (χ3v) is 3.81. The first-order valence-corrected chi connectivity index (χ1v) is 8.02. The van der Waals surface area contributed by atoms with Crippen molar-refractivity contribution >= 4 is 23.4 Å². The Bertz CT molecular complexity index is 663. The van der Waals surface area contributed by atoms with E-state index in [1.807, 2.05) is 0 Å². The molecule has 0 aliphatic carbocycles. The van der Waals surface area contributed by atoms with Gasteiger partial charge >= 0.3 is 0 Å². The fourth-order valence-corrected chi connectivity index (χ4v) is 2.37. The summed E-state index contributed by atoms with van der Waals surface area (Å²) in [5.74, 6) is -1.56. The van der Waals surface area contributed by atoms with E-state index in [9.17, 15) is 13.6 Å². The molecule has 0 saturated heterocycles. The average molecular weight is 353 g/mol. The van der Waals surface area contributed by atoms with Crippen LogP contribution in [-0.4, -0.2) is 24.9 Å². The number of amides is 1. The zero-order chi connectivity index (χ0) is 17.5. The smallest absolute Gasteiger partial charge is 0.288 e. The molecule has 2 aromatic rings. The molecule has 0 saturated carbocycles. The highest BCUT2D eigenvalue weighted by Crippen LogP contribution is 2.26. The Morgan fingerprint density at radius 1 is 1.04 bits per heavy atom. The zero-order valence-electron chi connectivity index (χ0n) is 13.2. The number of rotatable bonds is 7. The quantitative estimate of drug-likeness (QED) is 0.749. The molecule has 0 unspecified atom stereocenters. The maximum atomic E-state index is 12.3. The number of benzene rings is 2. The number of carbonyl (C=O) groups excluding carboxylic acids is 1. The van der Waals surface area contributed by atoms with Crippen LogP contribution >= 0.6 is 11.8 Å². The third-order valence-electron chi connectivity index (χ3n) is 3.09. The van der Waals surface area contributed by atoms with Crippen LogP contribution in [0.3, 0.4) is 0 Å². The molecule has 1 atom stereocenters. The van der Waals surface area contributed by atoms with Gasteiger partial charge in [0.1, 0.15) is 11.5 Å². The van der Waals surface area contributed by atoms with Crippen molar-refractivity contribution in [3.05, 3.63) is 48.5 Å². The lowest BCUT2D eigenvalue weighted by Crippen LogP contribution is -2.30. The Balaban J connectivity index is 1.90. The molecule has 2 rings (SSSR count). The Morgan fingerprint density at radius 2 is 1.62 bits per heavy atom. The summed E-state index contributed by atoms with van der Waals surface area (Å²) in [6.45, 7) is 1.63. The van der Waals surface area contributed by atoms with E-state index in [4.69, 9.17) is 9.47 Å². The number of anilines is 1. The van der Waals surface area contributed by atoms with Crippen molar-refractivity contribution in [2.75, 3.05) is 12.4 Å². The van der Waals surface area contributed by atoms with Crippen molar-refractivity contribution < 1.29 is 23.0 Å². The zero-order valence-corrected chi connectivity index (χ0v) is 14.0. The third kappa shape index (κ3) is 5.42. The summed E-state index contributed by atoms with van der Waals surface area (Å²) in [6, 6.07) is 13.1. The number of alkyl halides is 2. The second kappa shape index (κ2) is 8.54. The molecule has 0 fully saturated rings. The lowest BCUT2D eigenvalue weighted by molar-refractivity contribution is -0.122. The predicted molar refractivity (Wildman–Crippen MR) is 90.0 cm³/mol. The van der Waals surface area contributed by atoms with E-state index < -0.39 is 11.9 Å². The molecule has 1 N–H and O–H groups in total. The van der Waals surface area contributed by atoms with Crippen molar-refractivity contribution in [2.24, 2.45) is 0 Å². The Kier molecular flexibility index (Phi) is 6.43. The van der Waals surface area contributed by atoms with Gasteiger partial charge in [-0.3, -0.25) is 4.79 Å². The van der Waals surface area contributed by atoms with Gasteiger partial charge in [-0.05, 0) is 55.5 Å². The Morgan fingerprint density at radius 3 is 2.17 bits per heavy atom. The van der Waals surface area contributed by atoms with Gasteiger partial charge in [-0.2, -0.15) is 8.78 Å². The summed E-state index contributed by atoms with van der Waals surface area (Å²) in [6.07, 6.45) is -0.714. The van der Waals surface area contributed by atoms with Gasteiger partial charge in [-0.15, -0.1) is 0 Å². The summed E-state index contributed by atoms with van der Waals surface area (Å²) in [7, 11) is 1.57. The van der Waals surface area contributed by atoms with Crippen molar-refractivity contribution in [3.63, 3.8) is 0 Å². The van der Waals surface area contributed by atoms with E-state index in [1.165, 1.54) is 12.1 Å². The van der Waals surface area contributed by atoms with Crippen LogP contribution in [0.25, 0.3) is 0 Å². The van der Waals surface area contributed by atoms with Crippen LogP contribution in [0.4, 0.5) is 14.5 Å². The van der Waals surface area contributed by atoms with Gasteiger partial charge in [0, 0.05) is 10.6 Å². The number of methoxy groups -OCH3 is 1. The molecule has 2 aromatic carbocycles. The molecule has 0 heterocycles. The summed E-state index contributed by atoms with van der Waals surface area (Å²) in [4.78, 5) is 12.6. The van der Waals surface area contributed by atoms with Crippen LogP contribution in [0.2, 0.25) is 0 Å². The van der Waals surface area contributed by atoms with Crippen LogP contribution < -0.4 is 14.8 Å². The lowest BCUT2D eigenvalue weighted by Gasteiger charge is -2.15. The SMILES string of the molecule is COc1ccc(O[C@H](C)C(=O)Nc2ccc(SC(F)F)cc2)cc1. The van der Waals surface area contributed by atoms with Gasteiger partial charge in [0.15, 0.2) is 6.10 Å². The molecule has 128 valence electrons. The molecule has 1 amide bonds. The van der Waals surface area contributed by atoms with E-state index in [0.29, 0.717) is 33.8 Å². The second-order valence-corrected chi connectivity index (χ2v) is 5.89. The molecular weight excluding hydrogens is 336 g/mol. The van der Waals surface area contributed by atoms with Crippen molar-refractivity contribution in [1.82, 2.24) is 0 Å². The van der Waals surface area contributed by atoms with Gasteiger partial charge in [0.25, 0.3) is 11.7 Å². The van der Waals surface area contributed by atoms with Gasteiger partial charge in [0.2, 0.25) is 0 Å². The molecule has 0 radical (unpaired) electrons. The molecular formula is C17H17F2NO3S. The summed E-state index contributed by atoms with van der Waals surface area (Å²) < 4.78 is 35.1. The van der Waals surface area contributed by atoms with Gasteiger partial charge in [0.05, 0.1) is 7.11 Å². The number of hydrogen-bond donors (Lipinski definition) is 1. The monoisotopic (exact) mass is 353 g/mol. The van der Waals surface area contributed by atoms with E-state index in [2.05, 4.69) is 5.32 Å². The fraction of sp³-hybridized carbons (Fsp3) is 0.235. The van der Waals surface area contributed by atoms with E-state index in [1.54, 1.807) is 50.4 Å². The summed E-state index contributed by atoms with van der Waals surface area (Å²) in [5, 5.41) is 2.68. The maximum absolute atomic E-state index is 12.3. The standard InChI is InChI=1S/C17H17F2NO3S/c1-11(23-14-7-5-13(22-2)6-8-14)16(21)20-12-3-9-15(10-4-12)24-17(18)19/h3-11,17H,1-2H3,(H,20,21)/t11-/m1/s1. The maximum Gasteiger partial charge on any atom is 0.288 e. The minimum absolute atomic E-state index is 0.333. The largest absolute Gasteiger partial charge is 0.497 e. The molecule has 0 bridgehead atoms. The fourth-order valence-electron chi connectivity index (χ4n) is 1.88. The van der Waals surface area contributed by atoms with E-state index in [0.717, 1.165) is 0 Å². The van der Waals surface area contributed by atoms with Crippen LogP contribution in [-0.2, 0) is 4.79 Å². The van der Waals surface area contributed by atoms with Crippen LogP contribution in [0.1, 0.15) is 6.92 Å². The topological polar surface area (TPSA) is 47.6 Å². The molecule has 0 aliphatic rings. The molecule has 0 aromatic heterocycles. The number of halogens is 2. The van der Waals surface area contributed by atoms with E-state index >= 15 is 0 Å². The van der Waals surface area contributed by atoms with Crippen LogP contribution in [0, 0.1) is 0 Å². The van der Waals surface area contributed by atoms with Crippen molar-refractivity contribution in [2.45, 2.75) is 23.7 Å². The minimum Gasteiger partial charge on any atom is -0.497 e. The highest BCUT2D eigenvalue weighted by Gasteiger charge is 2.15. The first-order valence-electron chi connectivity index (χ1n) is 7.14. The van der Waals surface area contributed by atoms with Crippen LogP contribution in [0.5, 0.6) is 11.5 Å². The minimum atomic E-state index is -2.47. The summed E-state index contributed by atoms with van der Waals surface area (Å²) >= 11 is 0.456. The first kappa shape index (κ1) is 18.1. The normalized spacial score (nSPS) is 11.9. The van der Waals surface area contributed by atoms with Gasteiger partial charge in [-0.1, -0.05) is 11.8 Å². The molecule has 7 heteroatoms. The first-order chi connectivity index (χ1) is 11.5. The predicted octanol–water partition coefficient (Wildman–Crippen LogP) is 4.42. The van der Waals surface area contributed by atoms with E-state index in [-0.39, 0.29) is 5.91 Å². The average Bonchev–Trinajstić information content (AvgIpc) is 2.56. The van der Waals surface area contributed by atoms with Gasteiger partial charge in [-0.25, -0.2) is 0 Å². The van der Waals surface area contributed by atoms with Gasteiger partial charge < -0.3 is 14.8 Å². The number of thioether (sulfide) groups is 1. The highest BCUT2D eigenvalue weighted by atomic mass is 32.2. The molecule has 24 heavy (non-hydrogen) atoms.